The van der Waals surface area contributed by atoms with Gasteiger partial charge in [0.1, 0.15) is 0 Å². The van der Waals surface area contributed by atoms with E-state index in [4.69, 9.17) is 4.74 Å². The van der Waals surface area contributed by atoms with Gasteiger partial charge in [0.15, 0.2) is 5.69 Å². The molecule has 5 heteroatoms. The quantitative estimate of drug-likeness (QED) is 0.802. The highest BCUT2D eigenvalue weighted by Crippen LogP contribution is 2.33. The zero-order valence-corrected chi connectivity index (χ0v) is 15.4. The Labute approximate surface area is 148 Å². The number of nitrogens with zero attached hydrogens (tertiary/aromatic N) is 3. The van der Waals surface area contributed by atoms with E-state index < -0.39 is 0 Å². The Hall–Kier alpha value is -2.14. The smallest absolute Gasteiger partial charge is 0.274 e. The van der Waals surface area contributed by atoms with E-state index in [0.717, 1.165) is 30.6 Å². The van der Waals surface area contributed by atoms with Gasteiger partial charge in [0.05, 0.1) is 17.9 Å². The fraction of sp³-hybridized carbons (Fsp3) is 0.500. The molecule has 0 N–H and O–H groups in total. The van der Waals surface area contributed by atoms with Crippen LogP contribution in [0.4, 0.5) is 0 Å². The highest BCUT2D eigenvalue weighted by Gasteiger charge is 2.33. The van der Waals surface area contributed by atoms with Gasteiger partial charge >= 0.3 is 0 Å². The van der Waals surface area contributed by atoms with Crippen molar-refractivity contribution >= 4 is 5.91 Å². The third-order valence-corrected chi connectivity index (χ3v) is 5.50. The van der Waals surface area contributed by atoms with E-state index in [1.54, 1.807) is 0 Å². The normalized spacial score (nSPS) is 22.5. The lowest BCUT2D eigenvalue weighted by Gasteiger charge is -2.30. The molecule has 0 saturated carbocycles. The average molecular weight is 339 g/mol. The molecule has 1 aromatic heterocycles. The lowest BCUT2D eigenvalue weighted by atomic mass is 9.94. The van der Waals surface area contributed by atoms with Crippen LogP contribution in [0, 0.1) is 6.92 Å². The Morgan fingerprint density at radius 2 is 2.08 bits per heavy atom. The molecule has 3 heterocycles. The monoisotopic (exact) mass is 339 g/mol. The van der Waals surface area contributed by atoms with E-state index in [9.17, 15) is 4.79 Å². The molecule has 0 spiro atoms. The fourth-order valence-corrected chi connectivity index (χ4v) is 4.28. The molecule has 0 bridgehead atoms. The number of benzene rings is 1. The van der Waals surface area contributed by atoms with Gasteiger partial charge in [-0.05, 0) is 43.9 Å². The van der Waals surface area contributed by atoms with Gasteiger partial charge in [-0.1, -0.05) is 18.2 Å². The Morgan fingerprint density at radius 1 is 1.28 bits per heavy atom. The molecule has 4 rings (SSSR count). The third kappa shape index (κ3) is 2.67. The van der Waals surface area contributed by atoms with Crippen LogP contribution in [0.25, 0.3) is 0 Å². The van der Waals surface area contributed by atoms with Gasteiger partial charge < -0.3 is 9.64 Å². The van der Waals surface area contributed by atoms with Crippen LogP contribution in [0.3, 0.4) is 0 Å². The Balaban J connectivity index is 1.67. The maximum Gasteiger partial charge on any atom is 0.274 e. The number of aryl methyl sites for hydroxylation is 2. The summed E-state index contributed by atoms with van der Waals surface area (Å²) in [5.41, 5.74) is 6.62. The van der Waals surface area contributed by atoms with Crippen LogP contribution in [0.1, 0.15) is 58.4 Å². The van der Waals surface area contributed by atoms with Gasteiger partial charge in [0, 0.05) is 32.1 Å². The highest BCUT2D eigenvalue weighted by atomic mass is 16.5. The summed E-state index contributed by atoms with van der Waals surface area (Å²) in [7, 11) is 1.90. The maximum atomic E-state index is 13.2. The minimum Gasteiger partial charge on any atom is -0.369 e. The van der Waals surface area contributed by atoms with Crippen LogP contribution in [0.15, 0.2) is 18.2 Å². The summed E-state index contributed by atoms with van der Waals surface area (Å²) in [4.78, 5) is 15.2. The first-order chi connectivity index (χ1) is 12.0. The van der Waals surface area contributed by atoms with E-state index in [0.29, 0.717) is 12.2 Å². The summed E-state index contributed by atoms with van der Waals surface area (Å²) in [6.45, 7) is 7.64. The highest BCUT2D eigenvalue weighted by molar-refractivity contribution is 5.94. The van der Waals surface area contributed by atoms with Crippen molar-refractivity contribution < 1.29 is 9.53 Å². The van der Waals surface area contributed by atoms with Gasteiger partial charge in [-0.15, -0.1) is 0 Å². The number of carbonyl (C=O) groups is 1. The Bertz CT molecular complexity index is 840. The number of fused-ring (bicyclic) bond motifs is 2. The van der Waals surface area contributed by atoms with Crippen molar-refractivity contribution in [2.45, 2.75) is 52.4 Å². The van der Waals surface area contributed by atoms with Gasteiger partial charge in [0.25, 0.3) is 5.91 Å². The third-order valence-electron chi connectivity index (χ3n) is 5.50. The van der Waals surface area contributed by atoms with Crippen molar-refractivity contribution in [3.8, 4) is 0 Å². The standard InChI is InChI=1S/C20H25N3O2/c1-12-6-5-7-15-8-9-23(11-17(12)15)20(24)18-16-10-13(2)25-14(3)19(16)22(4)21-18/h5-7,13-14H,8-11H2,1-4H3/t13-,14+/m1/s1. The van der Waals surface area contributed by atoms with Crippen molar-refractivity contribution in [3.05, 3.63) is 51.8 Å². The predicted molar refractivity (Wildman–Crippen MR) is 95.5 cm³/mol. The summed E-state index contributed by atoms with van der Waals surface area (Å²) in [5.74, 6) is 0.0482. The maximum absolute atomic E-state index is 13.2. The molecule has 1 amide bonds. The molecule has 2 aliphatic rings. The second-order valence-corrected chi connectivity index (χ2v) is 7.32. The van der Waals surface area contributed by atoms with E-state index >= 15 is 0 Å². The van der Waals surface area contributed by atoms with Crippen molar-refractivity contribution in [2.75, 3.05) is 6.54 Å². The molecule has 0 aliphatic carbocycles. The van der Waals surface area contributed by atoms with Gasteiger partial charge in [-0.25, -0.2) is 0 Å². The second kappa shape index (κ2) is 5.99. The summed E-state index contributed by atoms with van der Waals surface area (Å²) in [6.07, 6.45) is 1.75. The minimum atomic E-state index is -0.0258. The molecular formula is C20H25N3O2. The van der Waals surface area contributed by atoms with Crippen LogP contribution in [-0.4, -0.2) is 33.2 Å². The largest absolute Gasteiger partial charge is 0.369 e. The van der Waals surface area contributed by atoms with Gasteiger partial charge in [0.2, 0.25) is 0 Å². The molecule has 0 radical (unpaired) electrons. The predicted octanol–water partition coefficient (Wildman–Crippen LogP) is 2.95. The molecule has 2 aromatic rings. The minimum absolute atomic E-state index is 0.0258. The summed E-state index contributed by atoms with van der Waals surface area (Å²) in [5, 5.41) is 4.58. The lowest BCUT2D eigenvalue weighted by molar-refractivity contribution is -0.00907. The first-order valence-electron chi connectivity index (χ1n) is 9.03. The van der Waals surface area contributed by atoms with Crippen molar-refractivity contribution in [2.24, 2.45) is 7.05 Å². The topological polar surface area (TPSA) is 47.4 Å². The molecule has 2 atom stereocenters. The van der Waals surface area contributed by atoms with Crippen LogP contribution >= 0.6 is 0 Å². The number of ether oxygens (including phenoxy) is 1. The summed E-state index contributed by atoms with van der Waals surface area (Å²) >= 11 is 0. The molecule has 0 saturated heterocycles. The average Bonchev–Trinajstić information content (AvgIpc) is 2.91. The van der Waals surface area contributed by atoms with Gasteiger partial charge in [-0.2, -0.15) is 5.10 Å². The van der Waals surface area contributed by atoms with E-state index in [1.807, 2.05) is 23.6 Å². The SMILES string of the molecule is Cc1cccc2c1CN(C(=O)c1nn(C)c3c1C[C@@H](C)O[C@H]3C)CC2. The summed E-state index contributed by atoms with van der Waals surface area (Å²) in [6, 6.07) is 6.40. The van der Waals surface area contributed by atoms with Crippen LogP contribution in [0.5, 0.6) is 0 Å². The van der Waals surface area contributed by atoms with Crippen molar-refractivity contribution in [3.63, 3.8) is 0 Å². The van der Waals surface area contributed by atoms with E-state index in [2.05, 4.69) is 37.1 Å². The Morgan fingerprint density at radius 3 is 2.88 bits per heavy atom. The number of amides is 1. The molecule has 25 heavy (non-hydrogen) atoms. The van der Waals surface area contributed by atoms with Crippen LogP contribution in [-0.2, 0) is 31.2 Å². The molecule has 5 nitrogen and oxygen atoms in total. The Kier molecular flexibility index (Phi) is 3.91. The summed E-state index contributed by atoms with van der Waals surface area (Å²) < 4.78 is 7.73. The first kappa shape index (κ1) is 16.3. The zero-order valence-electron chi connectivity index (χ0n) is 15.4. The molecule has 132 valence electrons. The number of aromatic nitrogens is 2. The van der Waals surface area contributed by atoms with Crippen molar-refractivity contribution in [1.82, 2.24) is 14.7 Å². The van der Waals surface area contributed by atoms with Crippen LogP contribution < -0.4 is 0 Å². The molecular weight excluding hydrogens is 314 g/mol. The van der Waals surface area contributed by atoms with E-state index in [1.165, 1.54) is 16.7 Å². The molecule has 0 fully saturated rings. The molecule has 1 aromatic carbocycles. The van der Waals surface area contributed by atoms with Crippen molar-refractivity contribution in [1.29, 1.82) is 0 Å². The molecule has 2 aliphatic heterocycles. The number of rotatable bonds is 1. The van der Waals surface area contributed by atoms with Crippen LogP contribution in [0.2, 0.25) is 0 Å². The lowest BCUT2D eigenvalue weighted by Crippen LogP contribution is -2.37. The fourth-order valence-electron chi connectivity index (χ4n) is 4.28. The van der Waals surface area contributed by atoms with Gasteiger partial charge in [-0.3, -0.25) is 9.48 Å². The number of hydrogen-bond donors (Lipinski definition) is 0. The second-order valence-electron chi connectivity index (χ2n) is 7.32. The zero-order chi connectivity index (χ0) is 17.7. The number of hydrogen-bond acceptors (Lipinski definition) is 3. The number of carbonyl (C=O) groups excluding carboxylic acids is 1. The first-order valence-corrected chi connectivity index (χ1v) is 9.03. The van der Waals surface area contributed by atoms with E-state index in [-0.39, 0.29) is 18.1 Å². The molecule has 0 unspecified atom stereocenters.